The summed E-state index contributed by atoms with van der Waals surface area (Å²) in [5.74, 6) is -1.12. The van der Waals surface area contributed by atoms with Crippen molar-refractivity contribution >= 4 is 0 Å². The van der Waals surface area contributed by atoms with Gasteiger partial charge in [0, 0.05) is 18.7 Å². The van der Waals surface area contributed by atoms with Crippen LogP contribution >= 0.6 is 0 Å². The topological polar surface area (TPSA) is 77.8 Å². The van der Waals surface area contributed by atoms with Gasteiger partial charge in [-0.25, -0.2) is 4.98 Å². The van der Waals surface area contributed by atoms with Crippen LogP contribution in [0.4, 0.5) is 13.2 Å². The molecular formula is C12H7F3N4O2. The number of hydrogen-bond acceptors (Lipinski definition) is 6. The highest BCUT2D eigenvalue weighted by molar-refractivity contribution is 5.63. The quantitative estimate of drug-likeness (QED) is 0.723. The Hall–Kier alpha value is -2.71. The van der Waals surface area contributed by atoms with Crippen LogP contribution in [0.5, 0.6) is 0 Å². The summed E-state index contributed by atoms with van der Waals surface area (Å²) < 4.78 is 46.6. The molecule has 0 amide bonds. The number of alkyl halides is 3. The van der Waals surface area contributed by atoms with Gasteiger partial charge >= 0.3 is 12.1 Å². The van der Waals surface area contributed by atoms with Crippen LogP contribution in [-0.2, 0) is 6.18 Å². The van der Waals surface area contributed by atoms with E-state index in [0.717, 1.165) is 0 Å². The lowest BCUT2D eigenvalue weighted by molar-refractivity contribution is -0.159. The van der Waals surface area contributed by atoms with Crippen molar-refractivity contribution in [3.8, 4) is 22.8 Å². The molecule has 108 valence electrons. The first-order valence-corrected chi connectivity index (χ1v) is 5.73. The van der Waals surface area contributed by atoms with Crippen LogP contribution in [0.15, 0.2) is 33.5 Å². The van der Waals surface area contributed by atoms with E-state index in [1.165, 1.54) is 24.6 Å². The fourth-order valence-electron chi connectivity index (χ4n) is 1.65. The maximum absolute atomic E-state index is 12.4. The SMILES string of the molecule is Cc1nc(-c2cc(-c3noc(C(F)(F)F)n3)ccn2)co1. The molecule has 0 aliphatic heterocycles. The number of aryl methyl sites for hydroxylation is 1. The van der Waals surface area contributed by atoms with E-state index in [4.69, 9.17) is 4.42 Å². The lowest BCUT2D eigenvalue weighted by Crippen LogP contribution is -2.04. The molecule has 21 heavy (non-hydrogen) atoms. The second-order valence-corrected chi connectivity index (χ2v) is 4.10. The molecule has 0 N–H and O–H groups in total. The van der Waals surface area contributed by atoms with Crippen molar-refractivity contribution in [2.45, 2.75) is 13.1 Å². The van der Waals surface area contributed by atoms with Gasteiger partial charge in [0.05, 0.1) is 5.69 Å². The van der Waals surface area contributed by atoms with Gasteiger partial charge in [0.25, 0.3) is 0 Å². The molecule has 3 heterocycles. The van der Waals surface area contributed by atoms with Gasteiger partial charge in [-0.2, -0.15) is 18.2 Å². The van der Waals surface area contributed by atoms with Crippen LogP contribution in [0.25, 0.3) is 22.8 Å². The van der Waals surface area contributed by atoms with Gasteiger partial charge in [-0.05, 0) is 12.1 Å². The van der Waals surface area contributed by atoms with Gasteiger partial charge in [0.15, 0.2) is 5.89 Å². The largest absolute Gasteiger partial charge is 0.471 e. The monoisotopic (exact) mass is 296 g/mol. The average molecular weight is 296 g/mol. The fraction of sp³-hybridized carbons (Fsp3) is 0.167. The summed E-state index contributed by atoms with van der Waals surface area (Å²) in [6, 6.07) is 2.98. The highest BCUT2D eigenvalue weighted by atomic mass is 19.4. The molecule has 9 heteroatoms. The van der Waals surface area contributed by atoms with Crippen LogP contribution in [0.3, 0.4) is 0 Å². The molecule has 0 unspecified atom stereocenters. The number of aromatic nitrogens is 4. The van der Waals surface area contributed by atoms with Gasteiger partial charge in [0.1, 0.15) is 12.0 Å². The predicted molar refractivity (Wildman–Crippen MR) is 62.8 cm³/mol. The van der Waals surface area contributed by atoms with Gasteiger partial charge in [-0.1, -0.05) is 5.16 Å². The Morgan fingerprint density at radius 1 is 1.14 bits per heavy atom. The Labute approximate surface area is 115 Å². The van der Waals surface area contributed by atoms with Crippen molar-refractivity contribution in [3.63, 3.8) is 0 Å². The van der Waals surface area contributed by atoms with E-state index in [9.17, 15) is 13.2 Å². The summed E-state index contributed by atoms with van der Waals surface area (Å²) in [7, 11) is 0. The van der Waals surface area contributed by atoms with Crippen molar-refractivity contribution in [1.82, 2.24) is 20.1 Å². The van der Waals surface area contributed by atoms with E-state index in [0.29, 0.717) is 22.8 Å². The fourth-order valence-corrected chi connectivity index (χ4v) is 1.65. The van der Waals surface area contributed by atoms with Crippen LogP contribution < -0.4 is 0 Å². The molecule has 0 aromatic carbocycles. The third-order valence-electron chi connectivity index (χ3n) is 2.57. The molecule has 0 bridgehead atoms. The summed E-state index contributed by atoms with van der Waals surface area (Å²) in [5, 5.41) is 3.32. The minimum atomic E-state index is -4.68. The van der Waals surface area contributed by atoms with Crippen LogP contribution in [-0.4, -0.2) is 20.1 Å². The lowest BCUT2D eigenvalue weighted by atomic mass is 10.2. The molecule has 0 aliphatic rings. The van der Waals surface area contributed by atoms with Crippen LogP contribution in [0, 0.1) is 6.92 Å². The molecular weight excluding hydrogens is 289 g/mol. The Bertz CT molecular complexity index is 779. The molecule has 0 fully saturated rings. The summed E-state index contributed by atoms with van der Waals surface area (Å²) in [4.78, 5) is 11.5. The summed E-state index contributed by atoms with van der Waals surface area (Å²) in [6.07, 6.45) is -1.86. The molecule has 6 nitrogen and oxygen atoms in total. The number of rotatable bonds is 2. The first-order valence-electron chi connectivity index (χ1n) is 5.73. The number of hydrogen-bond donors (Lipinski definition) is 0. The van der Waals surface area contributed by atoms with Gasteiger partial charge in [0.2, 0.25) is 5.82 Å². The zero-order valence-corrected chi connectivity index (χ0v) is 10.5. The van der Waals surface area contributed by atoms with Crippen molar-refractivity contribution < 1.29 is 22.1 Å². The zero-order chi connectivity index (χ0) is 15.0. The highest BCUT2D eigenvalue weighted by Crippen LogP contribution is 2.30. The van der Waals surface area contributed by atoms with Crippen LogP contribution in [0.2, 0.25) is 0 Å². The number of halogens is 3. The van der Waals surface area contributed by atoms with Crippen LogP contribution in [0.1, 0.15) is 11.8 Å². The predicted octanol–water partition coefficient (Wildman–Crippen LogP) is 3.11. The first kappa shape index (κ1) is 13.3. The van der Waals surface area contributed by atoms with Crippen molar-refractivity contribution in [1.29, 1.82) is 0 Å². The van der Waals surface area contributed by atoms with Crippen molar-refractivity contribution in [2.24, 2.45) is 0 Å². The molecule has 3 aromatic heterocycles. The molecule has 3 aromatic rings. The molecule has 0 saturated heterocycles. The zero-order valence-electron chi connectivity index (χ0n) is 10.5. The standard InChI is InChI=1S/C12H7F3N4O2/c1-6-17-9(5-20-6)8-4-7(2-3-16-8)10-18-11(21-19-10)12(13,14)15/h2-5H,1H3. The van der Waals surface area contributed by atoms with Crippen molar-refractivity contribution in [2.75, 3.05) is 0 Å². The minimum Gasteiger partial charge on any atom is -0.449 e. The van der Waals surface area contributed by atoms with Gasteiger partial charge in [-0.3, -0.25) is 4.98 Å². The molecule has 0 saturated carbocycles. The van der Waals surface area contributed by atoms with Gasteiger partial charge in [-0.15, -0.1) is 0 Å². The van der Waals surface area contributed by atoms with E-state index < -0.39 is 12.1 Å². The molecule has 0 radical (unpaired) electrons. The average Bonchev–Trinajstić information content (AvgIpc) is 3.07. The Morgan fingerprint density at radius 2 is 1.95 bits per heavy atom. The third kappa shape index (κ3) is 2.62. The van der Waals surface area contributed by atoms with E-state index in [1.807, 2.05) is 0 Å². The lowest BCUT2D eigenvalue weighted by Gasteiger charge is -1.98. The summed E-state index contributed by atoms with van der Waals surface area (Å²) in [6.45, 7) is 1.67. The molecule has 0 atom stereocenters. The normalized spacial score (nSPS) is 11.8. The minimum absolute atomic E-state index is 0.175. The Kier molecular flexibility index (Phi) is 2.96. The number of pyridine rings is 1. The Morgan fingerprint density at radius 3 is 2.57 bits per heavy atom. The van der Waals surface area contributed by atoms with E-state index in [1.54, 1.807) is 6.92 Å². The van der Waals surface area contributed by atoms with E-state index in [-0.39, 0.29) is 5.82 Å². The second-order valence-electron chi connectivity index (χ2n) is 4.10. The Balaban J connectivity index is 1.98. The molecule has 0 spiro atoms. The second kappa shape index (κ2) is 4.69. The summed E-state index contributed by atoms with van der Waals surface area (Å²) >= 11 is 0. The maximum atomic E-state index is 12.4. The maximum Gasteiger partial charge on any atom is 0.471 e. The van der Waals surface area contributed by atoms with E-state index >= 15 is 0 Å². The number of nitrogens with zero attached hydrogens (tertiary/aromatic N) is 4. The molecule has 0 aliphatic carbocycles. The molecule has 3 rings (SSSR count). The highest BCUT2D eigenvalue weighted by Gasteiger charge is 2.38. The van der Waals surface area contributed by atoms with E-state index in [2.05, 4.69) is 24.6 Å². The van der Waals surface area contributed by atoms with Crippen molar-refractivity contribution in [3.05, 3.63) is 36.4 Å². The summed E-state index contributed by atoms with van der Waals surface area (Å²) in [5.41, 5.74) is 1.23. The van der Waals surface area contributed by atoms with Gasteiger partial charge < -0.3 is 8.94 Å². The third-order valence-corrected chi connectivity index (χ3v) is 2.57. The first-order chi connectivity index (χ1) is 9.93. The number of oxazole rings is 1. The smallest absolute Gasteiger partial charge is 0.449 e.